The van der Waals surface area contributed by atoms with E-state index in [-0.39, 0.29) is 18.4 Å². The Morgan fingerprint density at radius 1 is 1.36 bits per heavy atom. The first kappa shape index (κ1) is 22.9. The summed E-state index contributed by atoms with van der Waals surface area (Å²) in [5, 5.41) is 10.00. The summed E-state index contributed by atoms with van der Waals surface area (Å²) in [4.78, 5) is 38.7. The summed E-state index contributed by atoms with van der Waals surface area (Å²) < 4.78 is 5.63. The molecule has 33 heavy (non-hydrogen) atoms. The van der Waals surface area contributed by atoms with Crippen molar-refractivity contribution < 1.29 is 19.4 Å². The van der Waals surface area contributed by atoms with Gasteiger partial charge in [-0.3, -0.25) is 19.6 Å². The van der Waals surface area contributed by atoms with Gasteiger partial charge in [0.05, 0.1) is 36.4 Å². The van der Waals surface area contributed by atoms with Crippen LogP contribution < -0.4 is 9.64 Å². The molecule has 1 atom stereocenters. The summed E-state index contributed by atoms with van der Waals surface area (Å²) in [6.07, 6.45) is 3.62. The van der Waals surface area contributed by atoms with Gasteiger partial charge >= 0.3 is 0 Å². The van der Waals surface area contributed by atoms with Crippen molar-refractivity contribution in [2.75, 3.05) is 38.7 Å². The molecule has 2 amide bonds. The smallest absolute Gasteiger partial charge is 0.255 e. The third-order valence-corrected chi connectivity index (χ3v) is 6.64. The number of anilines is 1. The van der Waals surface area contributed by atoms with E-state index in [0.29, 0.717) is 37.2 Å². The predicted octanol–water partition coefficient (Wildman–Crippen LogP) is 2.35. The Kier molecular flexibility index (Phi) is 6.21. The van der Waals surface area contributed by atoms with Crippen LogP contribution in [0.15, 0.2) is 35.5 Å². The SMILES string of the molecule is C/N=C\c1cc(C(=O)N2CCC3(CC2)C(=O)N(CC(C)O)c2cccc(OC)c23)cnc1C. The van der Waals surface area contributed by atoms with Gasteiger partial charge in [0.15, 0.2) is 0 Å². The van der Waals surface area contributed by atoms with Crippen LogP contribution in [-0.4, -0.2) is 72.9 Å². The number of β-amino-alcohol motifs (C(OH)–C–C–N with tert-alkyl or cyclic N) is 1. The topological polar surface area (TPSA) is 95.3 Å². The highest BCUT2D eigenvalue weighted by molar-refractivity contribution is 6.09. The number of amides is 2. The number of methoxy groups -OCH3 is 1. The Balaban J connectivity index is 1.62. The monoisotopic (exact) mass is 450 g/mol. The number of fused-ring (bicyclic) bond motifs is 2. The summed E-state index contributed by atoms with van der Waals surface area (Å²) in [7, 11) is 3.29. The van der Waals surface area contributed by atoms with E-state index in [9.17, 15) is 14.7 Å². The van der Waals surface area contributed by atoms with Gasteiger partial charge in [-0.05, 0) is 44.9 Å². The van der Waals surface area contributed by atoms with Crippen molar-refractivity contribution in [3.63, 3.8) is 0 Å². The Bertz CT molecular complexity index is 1100. The van der Waals surface area contributed by atoms with Crippen LogP contribution in [0.4, 0.5) is 5.69 Å². The standard InChI is InChI=1S/C25H30N4O4/c1-16(30)15-29-20-6-5-7-21(33-4)22(20)25(24(29)32)8-10-28(11-9-25)23(31)19-12-18(13-26-3)17(2)27-14-19/h5-7,12-14,16,30H,8-11,15H2,1-4H3/b26-13-. The van der Waals surface area contributed by atoms with Gasteiger partial charge < -0.3 is 19.6 Å². The van der Waals surface area contributed by atoms with Crippen molar-refractivity contribution in [2.45, 2.75) is 38.2 Å². The molecule has 0 saturated carbocycles. The van der Waals surface area contributed by atoms with E-state index < -0.39 is 11.5 Å². The number of likely N-dealkylation sites (tertiary alicyclic amines) is 1. The molecule has 1 saturated heterocycles. The van der Waals surface area contributed by atoms with Gasteiger partial charge in [-0.15, -0.1) is 0 Å². The zero-order valence-corrected chi connectivity index (χ0v) is 19.5. The van der Waals surface area contributed by atoms with Gasteiger partial charge in [0.2, 0.25) is 5.91 Å². The molecule has 1 N–H and O–H groups in total. The molecule has 8 heteroatoms. The third-order valence-electron chi connectivity index (χ3n) is 6.64. The highest BCUT2D eigenvalue weighted by atomic mass is 16.5. The van der Waals surface area contributed by atoms with Crippen LogP contribution in [0.25, 0.3) is 0 Å². The molecule has 1 spiro atoms. The van der Waals surface area contributed by atoms with Crippen LogP contribution in [0.1, 0.15) is 46.9 Å². The number of piperidine rings is 1. The van der Waals surface area contributed by atoms with Crippen LogP contribution >= 0.6 is 0 Å². The molecule has 0 radical (unpaired) electrons. The molecule has 174 valence electrons. The number of hydrogen-bond acceptors (Lipinski definition) is 6. The summed E-state index contributed by atoms with van der Waals surface area (Å²) in [5.41, 5.74) is 3.02. The molecule has 2 aromatic rings. The van der Waals surface area contributed by atoms with E-state index in [2.05, 4.69) is 9.98 Å². The molecular formula is C25H30N4O4. The highest BCUT2D eigenvalue weighted by Crippen LogP contribution is 2.52. The molecule has 3 heterocycles. The molecular weight excluding hydrogens is 420 g/mol. The molecule has 1 aromatic heterocycles. The zero-order valence-electron chi connectivity index (χ0n) is 19.5. The first-order valence-corrected chi connectivity index (χ1v) is 11.2. The average molecular weight is 451 g/mol. The largest absolute Gasteiger partial charge is 0.496 e. The lowest BCUT2D eigenvalue weighted by Gasteiger charge is -2.39. The molecule has 0 bridgehead atoms. The predicted molar refractivity (Wildman–Crippen MR) is 126 cm³/mol. The molecule has 1 aromatic carbocycles. The van der Waals surface area contributed by atoms with Gasteiger partial charge in [0.25, 0.3) is 5.91 Å². The fraction of sp³-hybridized carbons (Fsp3) is 0.440. The Morgan fingerprint density at radius 2 is 2.09 bits per heavy atom. The summed E-state index contributed by atoms with van der Waals surface area (Å²) in [5.74, 6) is 0.531. The maximum atomic E-state index is 13.7. The zero-order chi connectivity index (χ0) is 23.8. The number of benzene rings is 1. The van der Waals surface area contributed by atoms with Crippen LogP contribution in [-0.2, 0) is 10.2 Å². The van der Waals surface area contributed by atoms with Crippen molar-refractivity contribution in [2.24, 2.45) is 4.99 Å². The van der Waals surface area contributed by atoms with Crippen molar-refractivity contribution in [1.29, 1.82) is 0 Å². The number of rotatable bonds is 5. The lowest BCUT2D eigenvalue weighted by Crippen LogP contribution is -2.51. The minimum atomic E-state index is -0.765. The first-order valence-electron chi connectivity index (χ1n) is 11.2. The number of ether oxygens (including phenoxy) is 1. The quantitative estimate of drug-likeness (QED) is 0.706. The number of pyridine rings is 1. The van der Waals surface area contributed by atoms with Crippen molar-refractivity contribution >= 4 is 23.7 Å². The van der Waals surface area contributed by atoms with E-state index in [4.69, 9.17) is 4.74 Å². The maximum absolute atomic E-state index is 13.7. The van der Waals surface area contributed by atoms with Gasteiger partial charge in [0, 0.05) is 49.4 Å². The average Bonchev–Trinajstić information content (AvgIpc) is 3.03. The Hall–Kier alpha value is -3.26. The fourth-order valence-corrected chi connectivity index (χ4v) is 4.99. The Labute approximate surface area is 193 Å². The van der Waals surface area contributed by atoms with Gasteiger partial charge in [-0.25, -0.2) is 0 Å². The molecule has 2 aliphatic rings. The van der Waals surface area contributed by atoms with E-state index in [1.54, 1.807) is 43.3 Å². The molecule has 8 nitrogen and oxygen atoms in total. The van der Waals surface area contributed by atoms with Crippen molar-refractivity contribution in [3.8, 4) is 5.75 Å². The second-order valence-corrected chi connectivity index (χ2v) is 8.78. The molecule has 2 aliphatic heterocycles. The normalized spacial score (nSPS) is 18.2. The number of aliphatic hydroxyl groups excluding tert-OH is 1. The molecule has 1 fully saturated rings. The first-order chi connectivity index (χ1) is 15.8. The number of carbonyl (C=O) groups is 2. The minimum absolute atomic E-state index is 0.0338. The van der Waals surface area contributed by atoms with Crippen LogP contribution in [0.2, 0.25) is 0 Å². The van der Waals surface area contributed by atoms with Crippen LogP contribution in [0.5, 0.6) is 5.75 Å². The lowest BCUT2D eigenvalue weighted by molar-refractivity contribution is -0.125. The van der Waals surface area contributed by atoms with Crippen molar-refractivity contribution in [3.05, 3.63) is 52.8 Å². The van der Waals surface area contributed by atoms with Gasteiger partial charge in [0.1, 0.15) is 5.75 Å². The van der Waals surface area contributed by atoms with Crippen LogP contribution in [0, 0.1) is 6.92 Å². The highest BCUT2D eigenvalue weighted by Gasteiger charge is 2.54. The van der Waals surface area contributed by atoms with Crippen LogP contribution in [0.3, 0.4) is 0 Å². The molecule has 1 unspecified atom stereocenters. The number of nitrogens with zero attached hydrogens (tertiary/aromatic N) is 4. The Morgan fingerprint density at radius 3 is 2.73 bits per heavy atom. The maximum Gasteiger partial charge on any atom is 0.255 e. The summed E-state index contributed by atoms with van der Waals surface area (Å²) >= 11 is 0. The number of aromatic nitrogens is 1. The number of hydrogen-bond donors (Lipinski definition) is 1. The van der Waals surface area contributed by atoms with E-state index in [0.717, 1.165) is 22.5 Å². The lowest BCUT2D eigenvalue weighted by atomic mass is 9.73. The van der Waals surface area contributed by atoms with Gasteiger partial charge in [-0.1, -0.05) is 6.07 Å². The third kappa shape index (κ3) is 3.88. The number of aryl methyl sites for hydroxylation is 1. The number of aliphatic hydroxyl groups is 1. The van der Waals surface area contributed by atoms with Crippen molar-refractivity contribution in [1.82, 2.24) is 9.88 Å². The molecule has 4 rings (SSSR count). The van der Waals surface area contributed by atoms with E-state index >= 15 is 0 Å². The van der Waals surface area contributed by atoms with Gasteiger partial charge in [-0.2, -0.15) is 0 Å². The second kappa shape index (κ2) is 8.94. The summed E-state index contributed by atoms with van der Waals surface area (Å²) in [6.45, 7) is 4.66. The number of aliphatic imine (C=N–C) groups is 1. The number of carbonyl (C=O) groups excluding carboxylic acids is 2. The minimum Gasteiger partial charge on any atom is -0.496 e. The summed E-state index contributed by atoms with van der Waals surface area (Å²) in [6, 6.07) is 7.44. The second-order valence-electron chi connectivity index (χ2n) is 8.78. The fourth-order valence-electron chi connectivity index (χ4n) is 4.99. The van der Waals surface area contributed by atoms with E-state index in [1.807, 2.05) is 31.2 Å². The van der Waals surface area contributed by atoms with E-state index in [1.165, 1.54) is 0 Å². The molecule has 0 aliphatic carbocycles.